The van der Waals surface area contributed by atoms with Crippen LogP contribution in [-0.2, 0) is 28.7 Å². The van der Waals surface area contributed by atoms with E-state index in [1.807, 2.05) is 24.3 Å². The van der Waals surface area contributed by atoms with E-state index in [4.69, 9.17) is 14.2 Å². The van der Waals surface area contributed by atoms with E-state index in [1.54, 1.807) is 19.1 Å². The van der Waals surface area contributed by atoms with Crippen LogP contribution < -0.4 is 14.2 Å². The quantitative estimate of drug-likeness (QED) is 0.0992. The third-order valence-corrected chi connectivity index (χ3v) is 6.18. The highest BCUT2D eigenvalue weighted by Crippen LogP contribution is 2.25. The van der Waals surface area contributed by atoms with E-state index >= 15 is 0 Å². The first-order valence-electron chi connectivity index (χ1n) is 13.4. The molecule has 0 unspecified atom stereocenters. The Morgan fingerprint density at radius 2 is 1.55 bits per heavy atom. The van der Waals surface area contributed by atoms with Crippen LogP contribution in [0.5, 0.6) is 17.2 Å². The van der Waals surface area contributed by atoms with Gasteiger partial charge in [0.15, 0.2) is 0 Å². The van der Waals surface area contributed by atoms with Crippen molar-refractivity contribution in [3.63, 3.8) is 0 Å². The van der Waals surface area contributed by atoms with Gasteiger partial charge in [0.05, 0.1) is 20.1 Å². The van der Waals surface area contributed by atoms with Crippen molar-refractivity contribution in [2.75, 3.05) is 20.3 Å². The highest BCUT2D eigenvalue weighted by atomic mass is 16.5. The molecule has 0 fully saturated rings. The number of unbranched alkanes of at least 4 members (excludes halogenated alkanes) is 3. The Hall–Kier alpha value is -4.99. The molecule has 10 heteroatoms. The minimum atomic E-state index is -0.756. The Morgan fingerprint density at radius 3 is 2.21 bits per heavy atom. The zero-order valence-electron chi connectivity index (χ0n) is 23.6. The Labute approximate surface area is 244 Å². The summed E-state index contributed by atoms with van der Waals surface area (Å²) in [6.45, 7) is 6.21. The van der Waals surface area contributed by atoms with Gasteiger partial charge in [-0.3, -0.25) is 19.3 Å². The summed E-state index contributed by atoms with van der Waals surface area (Å²) < 4.78 is 20.9. The van der Waals surface area contributed by atoms with E-state index in [9.17, 15) is 24.0 Å². The number of imide groups is 1. The number of hydrogen-bond donors (Lipinski definition) is 0. The molecule has 2 aromatic carbocycles. The van der Waals surface area contributed by atoms with E-state index < -0.39 is 17.9 Å². The predicted octanol–water partition coefficient (Wildman–Crippen LogP) is 4.50. The normalized spacial score (nSPS) is 12.5. The lowest BCUT2D eigenvalue weighted by Crippen LogP contribution is -2.30. The number of hydrogen-bond acceptors (Lipinski definition) is 9. The van der Waals surface area contributed by atoms with Gasteiger partial charge in [-0.2, -0.15) is 0 Å². The molecule has 0 bridgehead atoms. The zero-order chi connectivity index (χ0) is 30.5. The average Bonchev–Trinajstić information content (AvgIpc) is 3.29. The molecule has 2 aromatic rings. The van der Waals surface area contributed by atoms with Crippen LogP contribution in [0.4, 0.5) is 0 Å². The smallest absolute Gasteiger partial charge is 0.339 e. The minimum absolute atomic E-state index is 0.0423. The number of ether oxygens (including phenoxy) is 4. The molecule has 0 aromatic heterocycles. The van der Waals surface area contributed by atoms with Crippen molar-refractivity contribution < 1.29 is 42.9 Å². The predicted molar refractivity (Wildman–Crippen MR) is 154 cm³/mol. The van der Waals surface area contributed by atoms with Gasteiger partial charge in [-0.05, 0) is 67.3 Å². The third kappa shape index (κ3) is 9.88. The van der Waals surface area contributed by atoms with Crippen molar-refractivity contribution in [1.82, 2.24) is 4.90 Å². The van der Waals surface area contributed by atoms with Crippen molar-refractivity contribution in [2.45, 2.75) is 39.0 Å². The molecule has 220 valence electrons. The molecule has 42 heavy (non-hydrogen) atoms. The highest BCUT2D eigenvalue weighted by molar-refractivity contribution is 6.12. The first-order chi connectivity index (χ1) is 20.2. The molecule has 0 radical (unpaired) electrons. The maximum absolute atomic E-state index is 12.3. The lowest BCUT2D eigenvalue weighted by atomic mass is 10.2. The van der Waals surface area contributed by atoms with E-state index in [2.05, 4.69) is 11.3 Å². The van der Waals surface area contributed by atoms with Crippen LogP contribution in [0.25, 0.3) is 6.08 Å². The Balaban J connectivity index is 1.36. The molecule has 3 rings (SSSR count). The molecule has 0 N–H and O–H groups in total. The second-order valence-corrected chi connectivity index (χ2v) is 9.42. The molecule has 0 saturated heterocycles. The van der Waals surface area contributed by atoms with E-state index in [0.29, 0.717) is 24.5 Å². The maximum Gasteiger partial charge on any atom is 0.339 e. The highest BCUT2D eigenvalue weighted by Gasteiger charge is 2.22. The second-order valence-electron chi connectivity index (χ2n) is 9.42. The number of methoxy groups -OCH3 is 1. The summed E-state index contributed by atoms with van der Waals surface area (Å²) in [5.41, 5.74) is 1.29. The lowest BCUT2D eigenvalue weighted by Gasteiger charge is -2.13. The summed E-state index contributed by atoms with van der Waals surface area (Å²) in [6, 6.07) is 11.8. The topological polar surface area (TPSA) is 126 Å². The number of nitrogens with zero attached hydrogens (tertiary/aromatic N) is 1. The van der Waals surface area contributed by atoms with E-state index in [1.165, 1.54) is 42.4 Å². The molecule has 10 nitrogen and oxygen atoms in total. The van der Waals surface area contributed by atoms with Gasteiger partial charge in [0.2, 0.25) is 0 Å². The minimum Gasteiger partial charge on any atom is -0.494 e. The monoisotopic (exact) mass is 575 g/mol. The molecule has 2 amide bonds. The van der Waals surface area contributed by atoms with Crippen LogP contribution in [0.1, 0.15) is 43.2 Å². The summed E-state index contributed by atoms with van der Waals surface area (Å²) >= 11 is 0. The first-order valence-corrected chi connectivity index (χ1v) is 13.4. The summed E-state index contributed by atoms with van der Waals surface area (Å²) in [5, 5.41) is 0. The number of aryl methyl sites for hydroxylation is 1. The number of rotatable bonds is 15. The average molecular weight is 576 g/mol. The van der Waals surface area contributed by atoms with Crippen molar-refractivity contribution >= 4 is 35.8 Å². The summed E-state index contributed by atoms with van der Waals surface area (Å²) in [5.74, 6) is -1.21. The van der Waals surface area contributed by atoms with Crippen molar-refractivity contribution in [2.24, 2.45) is 0 Å². The van der Waals surface area contributed by atoms with Gasteiger partial charge in [-0.25, -0.2) is 9.59 Å². The largest absolute Gasteiger partial charge is 0.494 e. The zero-order valence-corrected chi connectivity index (χ0v) is 23.6. The van der Waals surface area contributed by atoms with Crippen LogP contribution in [0.15, 0.2) is 72.8 Å². The van der Waals surface area contributed by atoms with Crippen molar-refractivity contribution in [1.29, 1.82) is 0 Å². The molecule has 0 aliphatic carbocycles. The summed E-state index contributed by atoms with van der Waals surface area (Å²) in [4.78, 5) is 60.0. The molecule has 1 aliphatic heterocycles. The second kappa shape index (κ2) is 15.7. The lowest BCUT2D eigenvalue weighted by molar-refractivity contribution is -0.141. The third-order valence-electron chi connectivity index (χ3n) is 6.18. The fourth-order valence-electron chi connectivity index (χ4n) is 3.85. The number of carbonyl (C=O) groups is 5. The molecule has 0 atom stereocenters. The van der Waals surface area contributed by atoms with Gasteiger partial charge in [0.1, 0.15) is 17.2 Å². The summed E-state index contributed by atoms with van der Waals surface area (Å²) in [6.07, 6.45) is 8.66. The van der Waals surface area contributed by atoms with Crippen molar-refractivity contribution in [3.8, 4) is 17.2 Å². The number of esters is 3. The van der Waals surface area contributed by atoms with Crippen LogP contribution in [-0.4, -0.2) is 54.9 Å². The first kappa shape index (κ1) is 31.5. The fraction of sp³-hybridized carbons (Fsp3) is 0.281. The SMILES string of the molecule is C=C(CC(=O)OC)C(=O)Oc1ccc(OC(=O)/C=C/c2ccc(OCCCCCCN3C(=O)C=CC3=O)cc2)cc1C. The number of amides is 2. The van der Waals surface area contributed by atoms with Crippen molar-refractivity contribution in [3.05, 3.63) is 84.0 Å². The van der Waals surface area contributed by atoms with E-state index in [0.717, 1.165) is 31.2 Å². The van der Waals surface area contributed by atoms with Gasteiger partial charge < -0.3 is 18.9 Å². The molecular formula is C32H33NO9. The summed E-state index contributed by atoms with van der Waals surface area (Å²) in [7, 11) is 1.21. The Bertz CT molecular complexity index is 1370. The maximum atomic E-state index is 12.3. The van der Waals surface area contributed by atoms with Crippen LogP contribution in [0.2, 0.25) is 0 Å². The van der Waals surface area contributed by atoms with Gasteiger partial charge in [-0.1, -0.05) is 31.6 Å². The van der Waals surface area contributed by atoms with Crippen LogP contribution in [0.3, 0.4) is 0 Å². The van der Waals surface area contributed by atoms with Gasteiger partial charge in [0, 0.05) is 30.3 Å². The van der Waals surface area contributed by atoms with Gasteiger partial charge >= 0.3 is 17.9 Å². The van der Waals surface area contributed by atoms with Crippen LogP contribution >= 0.6 is 0 Å². The van der Waals surface area contributed by atoms with Gasteiger partial charge in [-0.15, -0.1) is 0 Å². The van der Waals surface area contributed by atoms with Gasteiger partial charge in [0.25, 0.3) is 11.8 Å². The van der Waals surface area contributed by atoms with Crippen LogP contribution in [0, 0.1) is 6.92 Å². The standard InChI is InChI=1S/C32H33NO9/c1-22-20-26(13-14-27(22)42-32(38)23(2)21-31(37)39-3)41-30(36)17-10-24-8-11-25(12-9-24)40-19-7-5-4-6-18-33-28(34)15-16-29(33)35/h8-17,20H,2,4-7,18-19,21H2,1,3H3/b17-10+. The Morgan fingerprint density at radius 1 is 0.881 bits per heavy atom. The molecule has 0 saturated carbocycles. The molecule has 1 aliphatic rings. The number of carbonyl (C=O) groups excluding carboxylic acids is 5. The number of benzene rings is 2. The molecule has 1 heterocycles. The Kier molecular flexibility index (Phi) is 11.8. The fourth-order valence-corrected chi connectivity index (χ4v) is 3.85. The molecular weight excluding hydrogens is 542 g/mol. The van der Waals surface area contributed by atoms with E-state index in [-0.39, 0.29) is 35.3 Å². The molecule has 0 spiro atoms.